The minimum atomic E-state index is -0.680. The largest absolute Gasteiger partial charge is 0.391 e. The van der Waals surface area contributed by atoms with Gasteiger partial charge in [-0.15, -0.1) is 0 Å². The summed E-state index contributed by atoms with van der Waals surface area (Å²) in [6.07, 6.45) is 0.823. The lowest BCUT2D eigenvalue weighted by atomic mass is 9.96. The summed E-state index contributed by atoms with van der Waals surface area (Å²) in [6, 6.07) is 2.63. The van der Waals surface area contributed by atoms with Gasteiger partial charge in [0.1, 0.15) is 0 Å². The maximum Gasteiger partial charge on any atom is 0.0734 e. The molecule has 0 heterocycles. The van der Waals surface area contributed by atoms with Crippen LogP contribution in [0.2, 0.25) is 15.1 Å². The van der Waals surface area contributed by atoms with Crippen LogP contribution in [0.5, 0.6) is 0 Å². The van der Waals surface area contributed by atoms with Gasteiger partial charge in [-0.3, -0.25) is 0 Å². The van der Waals surface area contributed by atoms with E-state index in [9.17, 15) is 5.11 Å². The van der Waals surface area contributed by atoms with Crippen LogP contribution >= 0.6 is 34.8 Å². The van der Waals surface area contributed by atoms with E-state index in [0.29, 0.717) is 33.0 Å². The Hall–Kier alpha value is 0.01000. The van der Waals surface area contributed by atoms with E-state index in [2.05, 4.69) is 13.8 Å². The molecule has 0 bridgehead atoms. The topological polar surface area (TPSA) is 46.2 Å². The number of aliphatic hydroxyl groups excluding tert-OH is 1. The Morgan fingerprint density at radius 2 is 1.67 bits per heavy atom. The van der Waals surface area contributed by atoms with Crippen molar-refractivity contribution in [2.24, 2.45) is 11.7 Å². The van der Waals surface area contributed by atoms with Crippen LogP contribution in [-0.4, -0.2) is 11.2 Å². The fraction of sp³-hybridized carbons (Fsp3) is 0.538. The van der Waals surface area contributed by atoms with Gasteiger partial charge in [0.05, 0.1) is 22.2 Å². The monoisotopic (exact) mass is 309 g/mol. The molecule has 0 aliphatic rings. The highest BCUT2D eigenvalue weighted by atomic mass is 35.5. The minimum absolute atomic E-state index is 0.320. The highest BCUT2D eigenvalue weighted by molar-refractivity contribution is 6.44. The summed E-state index contributed by atoms with van der Waals surface area (Å²) in [7, 11) is 0. The molecule has 0 aliphatic carbocycles. The van der Waals surface area contributed by atoms with Gasteiger partial charge in [-0.05, 0) is 30.9 Å². The van der Waals surface area contributed by atoms with Crippen molar-refractivity contribution in [3.8, 4) is 0 Å². The highest BCUT2D eigenvalue weighted by Crippen LogP contribution is 2.36. The molecule has 0 saturated heterocycles. The number of nitrogens with two attached hydrogens (primary N) is 1. The van der Waals surface area contributed by atoms with Crippen LogP contribution in [-0.2, 0) is 0 Å². The third kappa shape index (κ3) is 4.01. The normalized spacial score (nSPS) is 14.9. The average Bonchev–Trinajstić information content (AvgIpc) is 2.31. The first kappa shape index (κ1) is 16.1. The van der Waals surface area contributed by atoms with E-state index in [4.69, 9.17) is 40.5 Å². The molecule has 1 rings (SSSR count). The van der Waals surface area contributed by atoms with E-state index in [0.717, 1.165) is 6.42 Å². The first-order chi connectivity index (χ1) is 8.34. The van der Waals surface area contributed by atoms with Gasteiger partial charge in [-0.1, -0.05) is 48.7 Å². The second-order valence-electron chi connectivity index (χ2n) is 4.82. The van der Waals surface area contributed by atoms with Crippen LogP contribution < -0.4 is 5.73 Å². The zero-order chi connectivity index (χ0) is 13.9. The van der Waals surface area contributed by atoms with E-state index in [1.807, 2.05) is 0 Å². The van der Waals surface area contributed by atoms with Crippen LogP contribution in [0.15, 0.2) is 12.1 Å². The zero-order valence-corrected chi connectivity index (χ0v) is 12.7. The van der Waals surface area contributed by atoms with E-state index in [1.54, 1.807) is 12.1 Å². The summed E-state index contributed by atoms with van der Waals surface area (Å²) < 4.78 is 0. The third-order valence-electron chi connectivity index (χ3n) is 2.87. The quantitative estimate of drug-likeness (QED) is 0.790. The molecule has 18 heavy (non-hydrogen) atoms. The summed E-state index contributed by atoms with van der Waals surface area (Å²) in [6.45, 7) is 4.19. The average molecular weight is 311 g/mol. The summed E-state index contributed by atoms with van der Waals surface area (Å²) in [5.74, 6) is 0.511. The second kappa shape index (κ2) is 6.97. The van der Waals surface area contributed by atoms with Gasteiger partial charge in [0.15, 0.2) is 0 Å². The molecule has 0 saturated carbocycles. The Morgan fingerprint density at radius 3 is 2.22 bits per heavy atom. The Bertz CT molecular complexity index is 409. The van der Waals surface area contributed by atoms with E-state index in [-0.39, 0.29) is 0 Å². The Labute approximate surface area is 123 Å². The third-order valence-corrected chi connectivity index (χ3v) is 4.02. The molecule has 102 valence electrons. The van der Waals surface area contributed by atoms with Crippen molar-refractivity contribution in [3.63, 3.8) is 0 Å². The molecular formula is C13H18Cl3NO. The summed E-state index contributed by atoms with van der Waals surface area (Å²) in [5.41, 5.74) is 6.53. The summed E-state index contributed by atoms with van der Waals surface area (Å²) in [4.78, 5) is 0. The summed E-state index contributed by atoms with van der Waals surface area (Å²) >= 11 is 18.1. The lowest BCUT2D eigenvalue weighted by Crippen LogP contribution is -2.27. The maximum absolute atomic E-state index is 10.1. The molecule has 0 spiro atoms. The first-order valence-electron chi connectivity index (χ1n) is 5.91. The molecule has 5 heteroatoms. The van der Waals surface area contributed by atoms with Gasteiger partial charge in [-0.25, -0.2) is 0 Å². The van der Waals surface area contributed by atoms with Crippen LogP contribution in [0.1, 0.15) is 38.3 Å². The number of halogens is 3. The summed E-state index contributed by atoms with van der Waals surface area (Å²) in [5, 5.41) is 11.2. The van der Waals surface area contributed by atoms with Gasteiger partial charge < -0.3 is 10.8 Å². The molecule has 0 amide bonds. The van der Waals surface area contributed by atoms with E-state index in [1.165, 1.54) is 0 Å². The molecular weight excluding hydrogens is 293 g/mol. The van der Waals surface area contributed by atoms with E-state index < -0.39 is 12.1 Å². The highest BCUT2D eigenvalue weighted by Gasteiger charge is 2.23. The molecule has 2 atom stereocenters. The SMILES string of the molecule is CC(C)CC[C@@H](O)[C@@H](N)c1c(Cl)ccc(Cl)c1Cl. The second-order valence-corrected chi connectivity index (χ2v) is 6.01. The van der Waals surface area contributed by atoms with Gasteiger partial charge >= 0.3 is 0 Å². The standard InChI is InChI=1S/C13H18Cl3NO/c1-7(2)3-6-10(18)13(17)11-8(14)4-5-9(15)12(11)16/h4-5,7,10,13,18H,3,6,17H2,1-2H3/t10-,13-/m1/s1. The Morgan fingerprint density at radius 1 is 1.11 bits per heavy atom. The van der Waals surface area contributed by atoms with Crippen molar-refractivity contribution < 1.29 is 5.11 Å². The number of rotatable bonds is 5. The van der Waals surface area contributed by atoms with Crippen LogP contribution in [0.25, 0.3) is 0 Å². The first-order valence-corrected chi connectivity index (χ1v) is 7.05. The number of aliphatic hydroxyl groups is 1. The zero-order valence-electron chi connectivity index (χ0n) is 10.5. The van der Waals surface area contributed by atoms with E-state index >= 15 is 0 Å². The lowest BCUT2D eigenvalue weighted by molar-refractivity contribution is 0.128. The molecule has 0 unspecified atom stereocenters. The fourth-order valence-electron chi connectivity index (χ4n) is 1.72. The maximum atomic E-state index is 10.1. The Kier molecular flexibility index (Phi) is 6.22. The van der Waals surface area contributed by atoms with Gasteiger partial charge in [-0.2, -0.15) is 0 Å². The minimum Gasteiger partial charge on any atom is -0.391 e. The predicted octanol–water partition coefficient (Wildman–Crippen LogP) is 4.44. The molecule has 1 aromatic rings. The lowest BCUT2D eigenvalue weighted by Gasteiger charge is -2.22. The smallest absolute Gasteiger partial charge is 0.0734 e. The van der Waals surface area contributed by atoms with Crippen molar-refractivity contribution in [3.05, 3.63) is 32.8 Å². The Balaban J connectivity index is 2.89. The molecule has 3 N–H and O–H groups in total. The van der Waals surface area contributed by atoms with Gasteiger partial charge in [0.2, 0.25) is 0 Å². The molecule has 1 aromatic carbocycles. The number of hydrogen-bond donors (Lipinski definition) is 2. The molecule has 2 nitrogen and oxygen atoms in total. The molecule has 0 radical (unpaired) electrons. The number of benzene rings is 1. The van der Waals surface area contributed by atoms with Crippen LogP contribution in [0.4, 0.5) is 0 Å². The fourth-order valence-corrected chi connectivity index (χ4v) is 2.51. The van der Waals surface area contributed by atoms with Crippen LogP contribution in [0.3, 0.4) is 0 Å². The van der Waals surface area contributed by atoms with Gasteiger partial charge in [0.25, 0.3) is 0 Å². The van der Waals surface area contributed by atoms with Crippen molar-refractivity contribution in [2.75, 3.05) is 0 Å². The van der Waals surface area contributed by atoms with Crippen molar-refractivity contribution in [1.82, 2.24) is 0 Å². The molecule has 0 aliphatic heterocycles. The van der Waals surface area contributed by atoms with Crippen molar-refractivity contribution in [2.45, 2.75) is 38.8 Å². The van der Waals surface area contributed by atoms with Crippen LogP contribution in [0, 0.1) is 5.92 Å². The molecule has 0 aromatic heterocycles. The van der Waals surface area contributed by atoms with Crippen molar-refractivity contribution >= 4 is 34.8 Å². The van der Waals surface area contributed by atoms with Gasteiger partial charge in [0, 0.05) is 10.6 Å². The number of hydrogen-bond acceptors (Lipinski definition) is 2. The van der Waals surface area contributed by atoms with Crippen molar-refractivity contribution in [1.29, 1.82) is 0 Å². The predicted molar refractivity (Wildman–Crippen MR) is 78.5 cm³/mol. The molecule has 0 fully saturated rings.